The molecule has 0 spiro atoms. The second-order valence-electron chi connectivity index (χ2n) is 10.2. The van der Waals surface area contributed by atoms with Crippen LogP contribution in [-0.2, 0) is 38.3 Å². The number of imide groups is 1. The summed E-state index contributed by atoms with van der Waals surface area (Å²) in [4.78, 5) is 103. The smallest absolute Gasteiger partial charge is 0.328 e. The molecule has 4 atom stereocenters. The second kappa shape index (κ2) is 17.6. The molecule has 1 fully saturated rings. The van der Waals surface area contributed by atoms with Crippen LogP contribution in [0.3, 0.4) is 0 Å². The predicted octanol–water partition coefficient (Wildman–Crippen LogP) is -1.33. The van der Waals surface area contributed by atoms with Gasteiger partial charge in [0.1, 0.15) is 18.6 Å². The first-order valence-corrected chi connectivity index (χ1v) is 14.0. The molecule has 0 aromatic carbocycles. The molecular formula is C27H42N6O10. The number of aliphatic carboxylic acids is 1. The number of hydrogen-bond donors (Lipinski definition) is 5. The summed E-state index contributed by atoms with van der Waals surface area (Å²) in [6.45, 7) is 8.88. The van der Waals surface area contributed by atoms with Crippen molar-refractivity contribution in [1.82, 2.24) is 25.8 Å². The molecule has 1 aliphatic rings. The van der Waals surface area contributed by atoms with E-state index in [-0.39, 0.29) is 26.0 Å². The monoisotopic (exact) mass is 610 g/mol. The van der Waals surface area contributed by atoms with Gasteiger partial charge in [-0.1, -0.05) is 33.3 Å². The zero-order valence-electron chi connectivity index (χ0n) is 24.9. The molecule has 1 saturated heterocycles. The topological polar surface area (TPSA) is 235 Å². The number of carbonyl (C=O) groups is 8. The number of ether oxygens (including phenoxy) is 1. The van der Waals surface area contributed by atoms with Gasteiger partial charge in [0.15, 0.2) is 0 Å². The first-order chi connectivity index (χ1) is 20.2. The number of rotatable bonds is 18. The first kappa shape index (κ1) is 36.7. The minimum Gasteiger partial charge on any atom is -0.481 e. The van der Waals surface area contributed by atoms with E-state index in [1.54, 1.807) is 27.7 Å². The summed E-state index contributed by atoms with van der Waals surface area (Å²) in [5, 5.41) is 16.1. The molecule has 0 aromatic rings. The highest BCUT2D eigenvalue weighted by atomic mass is 16.5. The van der Waals surface area contributed by atoms with Gasteiger partial charge in [-0.05, 0) is 25.7 Å². The third-order valence-electron chi connectivity index (χ3n) is 6.42. The number of Topliss-reactive ketones (excluding diaryl/α,β-unsaturated/α-hetero) is 1. The van der Waals surface area contributed by atoms with Gasteiger partial charge in [-0.25, -0.2) is 9.69 Å². The number of urea groups is 1. The number of ketones is 1. The molecule has 0 radical (unpaired) electrons. The van der Waals surface area contributed by atoms with Crippen LogP contribution < -0.4 is 21.7 Å². The largest absolute Gasteiger partial charge is 0.481 e. The number of nitrogens with two attached hydrogens (primary N) is 1. The summed E-state index contributed by atoms with van der Waals surface area (Å²) in [6, 6.07) is -6.48. The number of nitrogens with one attached hydrogen (secondary N) is 3. The van der Waals surface area contributed by atoms with Crippen LogP contribution in [0.1, 0.15) is 53.4 Å². The van der Waals surface area contributed by atoms with E-state index < -0.39 is 97.0 Å². The highest BCUT2D eigenvalue weighted by molar-refractivity contribution is 6.38. The maximum Gasteiger partial charge on any atom is 0.328 e. The second-order valence-corrected chi connectivity index (χ2v) is 10.2. The molecule has 43 heavy (non-hydrogen) atoms. The lowest BCUT2D eigenvalue weighted by Gasteiger charge is -2.29. The van der Waals surface area contributed by atoms with Gasteiger partial charge in [0.25, 0.3) is 11.8 Å². The van der Waals surface area contributed by atoms with Gasteiger partial charge < -0.3 is 36.4 Å². The van der Waals surface area contributed by atoms with Crippen LogP contribution in [0.15, 0.2) is 12.7 Å². The Kier molecular flexibility index (Phi) is 15.0. The molecule has 0 saturated carbocycles. The lowest BCUT2D eigenvalue weighted by molar-refractivity contribution is -0.144. The van der Waals surface area contributed by atoms with Gasteiger partial charge in [-0.15, -0.1) is 6.58 Å². The summed E-state index contributed by atoms with van der Waals surface area (Å²) in [5.41, 5.74) is 5.78. The van der Waals surface area contributed by atoms with Crippen molar-refractivity contribution in [2.75, 3.05) is 26.2 Å². The van der Waals surface area contributed by atoms with Crippen LogP contribution in [0.2, 0.25) is 0 Å². The van der Waals surface area contributed by atoms with Crippen molar-refractivity contribution in [2.24, 2.45) is 11.7 Å². The summed E-state index contributed by atoms with van der Waals surface area (Å²) in [6.07, 6.45) is 1.23. The fourth-order valence-corrected chi connectivity index (χ4v) is 4.17. The average molecular weight is 611 g/mol. The molecule has 0 bridgehead atoms. The minimum atomic E-state index is -1.54. The average Bonchev–Trinajstić information content (AvgIpc) is 3.27. The highest BCUT2D eigenvalue weighted by Crippen LogP contribution is 2.21. The number of carboxylic acids is 1. The maximum absolute atomic E-state index is 13.8. The van der Waals surface area contributed by atoms with Gasteiger partial charge in [0.05, 0.1) is 25.2 Å². The van der Waals surface area contributed by atoms with Crippen molar-refractivity contribution < 1.29 is 48.2 Å². The van der Waals surface area contributed by atoms with Gasteiger partial charge in [0, 0.05) is 13.0 Å². The van der Waals surface area contributed by atoms with Crippen LogP contribution >= 0.6 is 0 Å². The van der Waals surface area contributed by atoms with E-state index in [0.717, 1.165) is 4.90 Å². The third kappa shape index (κ3) is 10.8. The van der Waals surface area contributed by atoms with E-state index in [4.69, 9.17) is 15.6 Å². The number of amides is 6. The fraction of sp³-hybridized carbons (Fsp3) is 0.630. The van der Waals surface area contributed by atoms with Crippen LogP contribution in [0.4, 0.5) is 4.79 Å². The highest BCUT2D eigenvalue weighted by Gasteiger charge is 2.49. The number of hydrogen-bond acceptors (Lipinski definition) is 10. The normalized spacial score (nSPS) is 16.6. The van der Waals surface area contributed by atoms with Crippen molar-refractivity contribution in [2.45, 2.75) is 77.5 Å². The van der Waals surface area contributed by atoms with Crippen LogP contribution in [0.5, 0.6) is 0 Å². The predicted molar refractivity (Wildman–Crippen MR) is 151 cm³/mol. The number of esters is 1. The van der Waals surface area contributed by atoms with Gasteiger partial charge in [0.2, 0.25) is 17.6 Å². The van der Waals surface area contributed by atoms with Crippen molar-refractivity contribution >= 4 is 47.4 Å². The molecule has 0 aliphatic carbocycles. The molecule has 1 aliphatic heterocycles. The van der Waals surface area contributed by atoms with Crippen molar-refractivity contribution in [1.29, 1.82) is 0 Å². The van der Waals surface area contributed by atoms with Gasteiger partial charge in [-0.3, -0.25) is 33.6 Å². The molecule has 1 rings (SSSR count). The van der Waals surface area contributed by atoms with Gasteiger partial charge >= 0.3 is 18.0 Å². The zero-order valence-corrected chi connectivity index (χ0v) is 24.9. The molecule has 16 nitrogen and oxygen atoms in total. The van der Waals surface area contributed by atoms with E-state index in [0.29, 0.717) is 11.3 Å². The number of carbonyl (C=O) groups excluding carboxylic acids is 7. The van der Waals surface area contributed by atoms with Crippen LogP contribution in [-0.4, -0.2) is 113 Å². The summed E-state index contributed by atoms with van der Waals surface area (Å²) in [5.74, 6) is -7.26. The molecule has 6 N–H and O–H groups in total. The Bertz CT molecular complexity index is 1090. The SMILES string of the molecule is C=CCNC(=O)C(=O)C(CCC)NC(=O)C1CN(CC(=O)OCC)C(=O)N1C(=O)C(NC(=O)[C@@H](N)CCC(=O)O)C(C)C. The quantitative estimate of drug-likeness (QED) is 0.0693. The standard InChI is InChI=1S/C27H42N6O10/c1-6-9-17(22(37)25(40)29-12-7-2)30-24(39)18-13-32(14-20(36)43-8-3)27(42)33(18)26(41)21(15(4)5)31-23(38)16(28)10-11-19(34)35/h7,15-18,21H,2,6,8-14,28H2,1,3-5H3,(H,29,40)(H,30,39)(H,31,38)(H,34,35)/t16-,17?,18?,21?/m0/s1. The van der Waals surface area contributed by atoms with E-state index in [2.05, 4.69) is 22.5 Å². The molecule has 16 heteroatoms. The lowest BCUT2D eigenvalue weighted by Crippen LogP contribution is -2.59. The fourth-order valence-electron chi connectivity index (χ4n) is 4.17. The summed E-state index contributed by atoms with van der Waals surface area (Å²) >= 11 is 0. The molecular weight excluding hydrogens is 568 g/mol. The Morgan fingerprint density at radius 2 is 1.77 bits per heavy atom. The number of carboxylic acid groups (broad SMARTS) is 1. The molecule has 6 amide bonds. The van der Waals surface area contributed by atoms with Crippen molar-refractivity contribution in [3.63, 3.8) is 0 Å². The van der Waals surface area contributed by atoms with Crippen molar-refractivity contribution in [3.8, 4) is 0 Å². The first-order valence-electron chi connectivity index (χ1n) is 14.0. The Labute approximate surface area is 249 Å². The van der Waals surface area contributed by atoms with E-state index in [1.165, 1.54) is 6.08 Å². The van der Waals surface area contributed by atoms with Gasteiger partial charge in [-0.2, -0.15) is 0 Å². The maximum atomic E-state index is 13.8. The number of nitrogens with zero attached hydrogens (tertiary/aromatic N) is 2. The Balaban J connectivity index is 3.35. The van der Waals surface area contributed by atoms with E-state index in [9.17, 15) is 38.4 Å². The van der Waals surface area contributed by atoms with Crippen LogP contribution in [0, 0.1) is 5.92 Å². The van der Waals surface area contributed by atoms with E-state index in [1.807, 2.05) is 0 Å². The summed E-state index contributed by atoms with van der Waals surface area (Å²) < 4.78 is 4.89. The van der Waals surface area contributed by atoms with E-state index >= 15 is 0 Å². The third-order valence-corrected chi connectivity index (χ3v) is 6.42. The molecule has 240 valence electrons. The molecule has 1 heterocycles. The van der Waals surface area contributed by atoms with Crippen LogP contribution in [0.25, 0.3) is 0 Å². The Hall–Kier alpha value is -4.34. The Morgan fingerprint density at radius 1 is 1.12 bits per heavy atom. The minimum absolute atomic E-state index is 0.0157. The van der Waals surface area contributed by atoms with Crippen molar-refractivity contribution in [3.05, 3.63) is 12.7 Å². The summed E-state index contributed by atoms with van der Waals surface area (Å²) in [7, 11) is 0. The molecule has 3 unspecified atom stereocenters. The molecule has 0 aromatic heterocycles. The lowest BCUT2D eigenvalue weighted by atomic mass is 10.0. The zero-order chi connectivity index (χ0) is 32.9. The Morgan fingerprint density at radius 3 is 2.30 bits per heavy atom.